The highest BCUT2D eigenvalue weighted by molar-refractivity contribution is 5.94. The molecule has 0 radical (unpaired) electrons. The molecule has 0 spiro atoms. The Bertz CT molecular complexity index is 467. The Morgan fingerprint density at radius 2 is 2.05 bits per heavy atom. The van der Waals surface area contributed by atoms with Crippen LogP contribution in [0.3, 0.4) is 0 Å². The molecule has 6 heteroatoms. The quantitative estimate of drug-likeness (QED) is 0.753. The number of carbonyl (C=O) groups is 1. The third kappa shape index (κ3) is 2.41. The van der Waals surface area contributed by atoms with Gasteiger partial charge in [-0.2, -0.15) is 0 Å². The van der Waals surface area contributed by atoms with Crippen molar-refractivity contribution in [1.82, 2.24) is 20.1 Å². The molecule has 6 nitrogen and oxygen atoms in total. The molecule has 1 amide bonds. The lowest BCUT2D eigenvalue weighted by molar-refractivity contribution is 0.0495. The SMILES string of the molecule is O=C(c1ncccc1O)N1CCN(C2CNC2)CC1. The predicted octanol–water partition coefficient (Wildman–Crippen LogP) is -0.483. The molecule has 1 aromatic rings. The van der Waals surface area contributed by atoms with Crippen molar-refractivity contribution in [2.45, 2.75) is 6.04 Å². The second-order valence-electron chi connectivity index (χ2n) is 5.01. The Morgan fingerprint density at radius 1 is 1.32 bits per heavy atom. The van der Waals surface area contributed by atoms with E-state index in [2.05, 4.69) is 15.2 Å². The summed E-state index contributed by atoms with van der Waals surface area (Å²) in [5.74, 6) is -0.220. The highest BCUT2D eigenvalue weighted by Crippen LogP contribution is 2.17. The molecule has 3 heterocycles. The average Bonchev–Trinajstić information content (AvgIpc) is 2.37. The van der Waals surface area contributed by atoms with Gasteiger partial charge in [-0.1, -0.05) is 0 Å². The lowest BCUT2D eigenvalue weighted by atomic mass is 10.1. The third-order valence-electron chi connectivity index (χ3n) is 3.87. The number of piperazine rings is 1. The van der Waals surface area contributed by atoms with Gasteiger partial charge in [0, 0.05) is 51.5 Å². The highest BCUT2D eigenvalue weighted by atomic mass is 16.3. The predicted molar refractivity (Wildman–Crippen MR) is 70.0 cm³/mol. The molecule has 102 valence electrons. The molecule has 2 aliphatic heterocycles. The second-order valence-corrected chi connectivity index (χ2v) is 5.01. The van der Waals surface area contributed by atoms with Crippen LogP contribution in [0.2, 0.25) is 0 Å². The van der Waals surface area contributed by atoms with E-state index < -0.39 is 0 Å². The van der Waals surface area contributed by atoms with E-state index in [0.29, 0.717) is 19.1 Å². The van der Waals surface area contributed by atoms with Crippen molar-refractivity contribution in [3.63, 3.8) is 0 Å². The Hall–Kier alpha value is -1.66. The van der Waals surface area contributed by atoms with Crippen LogP contribution < -0.4 is 5.32 Å². The minimum absolute atomic E-state index is 0.0434. The number of aromatic hydroxyl groups is 1. The fourth-order valence-electron chi connectivity index (χ4n) is 2.53. The topological polar surface area (TPSA) is 68.7 Å². The fourth-order valence-corrected chi connectivity index (χ4v) is 2.53. The summed E-state index contributed by atoms with van der Waals surface area (Å²) in [5.41, 5.74) is 0.154. The van der Waals surface area contributed by atoms with Crippen molar-refractivity contribution >= 4 is 5.91 Å². The number of rotatable bonds is 2. The van der Waals surface area contributed by atoms with Crippen LogP contribution in [0.1, 0.15) is 10.5 Å². The molecular weight excluding hydrogens is 244 g/mol. The first kappa shape index (κ1) is 12.4. The summed E-state index contributed by atoms with van der Waals surface area (Å²) < 4.78 is 0. The second kappa shape index (κ2) is 5.14. The normalized spacial score (nSPS) is 21.2. The van der Waals surface area contributed by atoms with Gasteiger partial charge in [0.05, 0.1) is 0 Å². The summed E-state index contributed by atoms with van der Waals surface area (Å²) >= 11 is 0. The molecule has 0 unspecified atom stereocenters. The van der Waals surface area contributed by atoms with Gasteiger partial charge in [0.25, 0.3) is 5.91 Å². The van der Waals surface area contributed by atoms with Gasteiger partial charge in [0.2, 0.25) is 0 Å². The molecule has 19 heavy (non-hydrogen) atoms. The van der Waals surface area contributed by atoms with Gasteiger partial charge in [0.15, 0.2) is 5.69 Å². The number of hydrogen-bond donors (Lipinski definition) is 2. The lowest BCUT2D eigenvalue weighted by Crippen LogP contribution is -2.62. The van der Waals surface area contributed by atoms with Gasteiger partial charge in [-0.25, -0.2) is 4.98 Å². The van der Waals surface area contributed by atoms with E-state index in [0.717, 1.165) is 26.2 Å². The zero-order valence-corrected chi connectivity index (χ0v) is 10.7. The minimum atomic E-state index is -0.176. The van der Waals surface area contributed by atoms with Gasteiger partial charge >= 0.3 is 0 Å². The zero-order valence-electron chi connectivity index (χ0n) is 10.7. The maximum absolute atomic E-state index is 12.3. The Morgan fingerprint density at radius 3 is 2.63 bits per heavy atom. The first-order chi connectivity index (χ1) is 9.25. The van der Waals surface area contributed by atoms with Crippen LogP contribution in [-0.2, 0) is 0 Å². The standard InChI is InChI=1S/C13H18N4O2/c18-11-2-1-3-15-12(11)13(19)17-6-4-16(5-7-17)10-8-14-9-10/h1-3,10,14,18H,4-9H2. The monoisotopic (exact) mass is 262 g/mol. The summed E-state index contributed by atoms with van der Waals surface area (Å²) in [5, 5.41) is 12.9. The summed E-state index contributed by atoms with van der Waals surface area (Å²) in [6.45, 7) is 5.29. The fraction of sp³-hybridized carbons (Fsp3) is 0.538. The van der Waals surface area contributed by atoms with Crippen molar-refractivity contribution in [2.75, 3.05) is 39.3 Å². The van der Waals surface area contributed by atoms with Gasteiger partial charge in [-0.3, -0.25) is 9.69 Å². The number of amides is 1. The van der Waals surface area contributed by atoms with Gasteiger partial charge in [-0.05, 0) is 12.1 Å². The first-order valence-electron chi connectivity index (χ1n) is 6.64. The van der Waals surface area contributed by atoms with Crippen molar-refractivity contribution in [1.29, 1.82) is 0 Å². The van der Waals surface area contributed by atoms with E-state index in [1.807, 2.05) is 0 Å². The summed E-state index contributed by atoms with van der Waals surface area (Å²) in [6, 6.07) is 3.74. The lowest BCUT2D eigenvalue weighted by Gasteiger charge is -2.43. The molecule has 1 aromatic heterocycles. The molecule has 2 N–H and O–H groups in total. The Balaban J connectivity index is 1.62. The summed E-state index contributed by atoms with van der Waals surface area (Å²) in [6.07, 6.45) is 1.53. The van der Waals surface area contributed by atoms with Crippen molar-refractivity contribution in [3.8, 4) is 5.75 Å². The van der Waals surface area contributed by atoms with Gasteiger partial charge in [-0.15, -0.1) is 0 Å². The van der Waals surface area contributed by atoms with Crippen LogP contribution in [0.5, 0.6) is 5.75 Å². The number of nitrogens with one attached hydrogen (secondary N) is 1. The molecule has 0 bridgehead atoms. The van der Waals surface area contributed by atoms with E-state index in [4.69, 9.17) is 0 Å². The van der Waals surface area contributed by atoms with E-state index >= 15 is 0 Å². The molecule has 0 atom stereocenters. The Kier molecular flexibility index (Phi) is 3.35. The molecule has 3 rings (SSSR count). The highest BCUT2D eigenvalue weighted by Gasteiger charge is 2.30. The van der Waals surface area contributed by atoms with Crippen LogP contribution in [0.4, 0.5) is 0 Å². The number of pyridine rings is 1. The summed E-state index contributed by atoms with van der Waals surface area (Å²) in [7, 11) is 0. The van der Waals surface area contributed by atoms with Crippen LogP contribution in [0.25, 0.3) is 0 Å². The number of carbonyl (C=O) groups excluding carboxylic acids is 1. The minimum Gasteiger partial charge on any atom is -0.505 e. The Labute approximate surface area is 112 Å². The smallest absolute Gasteiger partial charge is 0.276 e. The van der Waals surface area contributed by atoms with E-state index in [1.165, 1.54) is 12.3 Å². The third-order valence-corrected chi connectivity index (χ3v) is 3.87. The molecule has 0 aromatic carbocycles. The largest absolute Gasteiger partial charge is 0.505 e. The molecule has 2 fully saturated rings. The van der Waals surface area contributed by atoms with Crippen LogP contribution in [0, 0.1) is 0 Å². The first-order valence-corrected chi connectivity index (χ1v) is 6.64. The van der Waals surface area contributed by atoms with Crippen molar-refractivity contribution < 1.29 is 9.90 Å². The average molecular weight is 262 g/mol. The van der Waals surface area contributed by atoms with E-state index in [1.54, 1.807) is 11.0 Å². The molecule has 2 aliphatic rings. The van der Waals surface area contributed by atoms with Crippen LogP contribution in [-0.4, -0.2) is 71.1 Å². The maximum atomic E-state index is 12.3. The molecule has 0 aliphatic carbocycles. The maximum Gasteiger partial charge on any atom is 0.276 e. The molecule has 2 saturated heterocycles. The van der Waals surface area contributed by atoms with Crippen LogP contribution in [0.15, 0.2) is 18.3 Å². The number of aromatic nitrogens is 1. The zero-order chi connectivity index (χ0) is 13.2. The van der Waals surface area contributed by atoms with Gasteiger partial charge < -0.3 is 15.3 Å². The van der Waals surface area contributed by atoms with E-state index in [9.17, 15) is 9.90 Å². The molecular formula is C13H18N4O2. The van der Waals surface area contributed by atoms with E-state index in [-0.39, 0.29) is 17.4 Å². The van der Waals surface area contributed by atoms with Crippen LogP contribution >= 0.6 is 0 Å². The summed E-state index contributed by atoms with van der Waals surface area (Å²) in [4.78, 5) is 20.4. The molecule has 0 saturated carbocycles. The van der Waals surface area contributed by atoms with Crippen molar-refractivity contribution in [3.05, 3.63) is 24.0 Å². The number of nitrogens with zero attached hydrogens (tertiary/aromatic N) is 3. The van der Waals surface area contributed by atoms with Crippen molar-refractivity contribution in [2.24, 2.45) is 0 Å². The number of hydrogen-bond acceptors (Lipinski definition) is 5. The van der Waals surface area contributed by atoms with Gasteiger partial charge in [0.1, 0.15) is 5.75 Å².